The van der Waals surface area contributed by atoms with Crippen molar-refractivity contribution in [3.63, 3.8) is 0 Å². The third-order valence-corrected chi connectivity index (χ3v) is 25.3. The summed E-state index contributed by atoms with van der Waals surface area (Å²) in [7, 11) is 3.63. The Labute approximate surface area is 485 Å². The summed E-state index contributed by atoms with van der Waals surface area (Å²) >= 11 is 0. The molecule has 1 saturated heterocycles. The van der Waals surface area contributed by atoms with Crippen molar-refractivity contribution >= 4 is 31.5 Å². The minimum Gasteiger partial charge on any atom is -0.790 e. The maximum atomic E-state index is 14.6. The average Bonchev–Trinajstić information content (AvgIpc) is 2.05. The fourth-order valence-electron chi connectivity index (χ4n) is 19.5. The maximum absolute atomic E-state index is 14.6. The van der Waals surface area contributed by atoms with Crippen LogP contribution in [0.3, 0.4) is 0 Å². The fourth-order valence-corrected chi connectivity index (χ4v) is 19.9. The lowest BCUT2D eigenvalue weighted by Gasteiger charge is -2.76. The Morgan fingerprint density at radius 1 is 0.800 bits per heavy atom. The van der Waals surface area contributed by atoms with Crippen molar-refractivity contribution in [1.29, 1.82) is 0 Å². The lowest BCUT2D eigenvalue weighted by atomic mass is 9.28. The Morgan fingerprint density at radius 2 is 1.45 bits per heavy atom. The molecule has 0 aromatic carbocycles. The third-order valence-electron chi connectivity index (χ3n) is 24.8. The molecule has 3 unspecified atom stereocenters. The first-order valence-electron chi connectivity index (χ1n) is 31.3. The number of fused-ring (bicyclic) bond motifs is 7. The summed E-state index contributed by atoms with van der Waals surface area (Å²) in [6.07, 6.45) is 12.5. The van der Waals surface area contributed by atoms with Crippen molar-refractivity contribution in [2.75, 3.05) is 55.1 Å². The molecule has 6 fully saturated rings. The van der Waals surface area contributed by atoms with E-state index < -0.39 is 44.1 Å². The average molecular weight is 1140 g/mol. The quantitative estimate of drug-likeness (QED) is 0.0691. The number of carbonyl (C=O) groups is 4. The predicted octanol–water partition coefficient (Wildman–Crippen LogP) is 9.65. The molecule has 0 aromatic heterocycles. The number of phosphoric acid groups is 1. The van der Waals surface area contributed by atoms with Gasteiger partial charge in [-0.25, -0.2) is 0 Å². The first kappa shape index (κ1) is 66.7. The monoisotopic (exact) mass is 1140 g/mol. The lowest BCUT2D eigenvalue weighted by molar-refractivity contribution is -0.344. The van der Waals surface area contributed by atoms with E-state index in [9.17, 15) is 33.5 Å². The molecule has 0 spiro atoms. The number of ether oxygens (including phenoxy) is 2. The van der Waals surface area contributed by atoms with Gasteiger partial charge in [0.15, 0.2) is 0 Å². The molecule has 2 N–H and O–H groups in total. The summed E-state index contributed by atoms with van der Waals surface area (Å²) in [6.45, 7) is 37.0. The second-order valence-electron chi connectivity index (χ2n) is 29.4. The number of likely N-dealkylation sites (N-methyl/N-ethyl adjacent to an activating group) is 2. The van der Waals surface area contributed by atoms with E-state index in [1.165, 1.54) is 5.57 Å². The number of likely N-dealkylation sites (tertiary alicyclic amines) is 1. The van der Waals surface area contributed by atoms with Crippen molar-refractivity contribution < 1.29 is 47.5 Å². The van der Waals surface area contributed by atoms with Crippen LogP contribution in [0.4, 0.5) is 0 Å². The van der Waals surface area contributed by atoms with E-state index in [1.807, 2.05) is 58.5 Å². The molecule has 6 aliphatic rings. The van der Waals surface area contributed by atoms with Gasteiger partial charge < -0.3 is 48.8 Å². The van der Waals surface area contributed by atoms with Gasteiger partial charge in [-0.2, -0.15) is 0 Å². The van der Waals surface area contributed by atoms with Crippen molar-refractivity contribution in [3.05, 3.63) is 12.2 Å². The van der Waals surface area contributed by atoms with Gasteiger partial charge in [0.2, 0.25) is 23.6 Å². The first-order chi connectivity index (χ1) is 37.1. The smallest absolute Gasteiger partial charge is 0.245 e. The van der Waals surface area contributed by atoms with Gasteiger partial charge in [-0.05, 0) is 184 Å². The molecule has 0 bridgehead atoms. The molecule has 16 heteroatoms. The van der Waals surface area contributed by atoms with Gasteiger partial charge in [-0.15, -0.1) is 0 Å². The Morgan fingerprint density at radius 3 is 2.01 bits per heavy atom. The topological polar surface area (TPSA) is 193 Å². The van der Waals surface area contributed by atoms with Crippen LogP contribution in [0.2, 0.25) is 0 Å². The molecular weight excluding hydrogens is 1030 g/mol. The van der Waals surface area contributed by atoms with Crippen LogP contribution in [-0.4, -0.2) is 130 Å². The zero-order chi connectivity index (χ0) is 60.0. The molecule has 80 heavy (non-hydrogen) atoms. The van der Waals surface area contributed by atoms with Crippen LogP contribution in [0.25, 0.3) is 0 Å². The van der Waals surface area contributed by atoms with Crippen LogP contribution in [0.15, 0.2) is 12.2 Å². The minimum atomic E-state index is -5.11. The standard InChI is InChI=1S/C64H114N5O10P/c1-21-42(8)54(68(18)58(73)52(40(4)5)66-57(72)53(41(6)7)67(16)17)48(77-19)37-50(70)69-36-22-23-47(69)55(78-20)43(9)56(71)65-35-28-44-26-29-62(14)49-25-24-46-51-45(39(2)3)27-30-64(51,38-79-80(74,75)76)34-32-60(46,12)61(49,13)31-33-63(62,15)59(44,10)11/h40-49,51-55H,2,21-38H2,1,3-20H3,(H,65,71)(H,66,72)(H2,74,75,76)/p-2/t42-,43+,44+,45-,46?,47?,48+,49?,51+,52-,53-,54-,55+,60+,61+,62+,63-,64+/m0/s1. The van der Waals surface area contributed by atoms with E-state index in [0.29, 0.717) is 43.2 Å². The van der Waals surface area contributed by atoms with E-state index in [0.717, 1.165) is 83.5 Å². The molecule has 5 aliphatic carbocycles. The van der Waals surface area contributed by atoms with Gasteiger partial charge >= 0.3 is 0 Å². The number of nitrogens with one attached hydrogen (secondary N) is 2. The summed E-state index contributed by atoms with van der Waals surface area (Å²) in [5.74, 6) is 0.637. The third kappa shape index (κ3) is 12.1. The van der Waals surface area contributed by atoms with Crippen LogP contribution >= 0.6 is 7.82 Å². The molecule has 4 amide bonds. The molecule has 1 heterocycles. The largest absolute Gasteiger partial charge is 0.790 e. The summed E-state index contributed by atoms with van der Waals surface area (Å²) < 4.78 is 29.4. The molecule has 1 aliphatic heterocycles. The number of amides is 4. The normalized spacial score (nSPS) is 35.7. The van der Waals surface area contributed by atoms with Crippen LogP contribution in [-0.2, 0) is 37.7 Å². The van der Waals surface area contributed by atoms with Gasteiger partial charge in [-0.1, -0.05) is 109 Å². The molecule has 460 valence electrons. The fraction of sp³-hybridized carbons (Fsp3) is 0.906. The summed E-state index contributed by atoms with van der Waals surface area (Å²) in [5.41, 5.74) is 1.17. The summed E-state index contributed by atoms with van der Waals surface area (Å²) in [6, 6.07) is -1.92. The van der Waals surface area contributed by atoms with Gasteiger partial charge in [-0.3, -0.25) is 24.1 Å². The number of hydrogen-bond donors (Lipinski definition) is 2. The first-order valence-corrected chi connectivity index (χ1v) is 32.7. The van der Waals surface area contributed by atoms with E-state index in [1.54, 1.807) is 26.2 Å². The summed E-state index contributed by atoms with van der Waals surface area (Å²) in [4.78, 5) is 86.2. The van der Waals surface area contributed by atoms with Crippen molar-refractivity contribution in [1.82, 2.24) is 25.3 Å². The number of rotatable bonds is 24. The Hall–Kier alpha value is -2.39. The molecular formula is C64H112N5O10P-2. The Kier molecular flexibility index (Phi) is 21.1. The van der Waals surface area contributed by atoms with Gasteiger partial charge in [0.25, 0.3) is 0 Å². The molecule has 5 saturated carbocycles. The maximum Gasteiger partial charge on any atom is 0.245 e. The van der Waals surface area contributed by atoms with Crippen LogP contribution < -0.4 is 20.4 Å². The van der Waals surface area contributed by atoms with Gasteiger partial charge in [0.1, 0.15) is 6.04 Å². The highest BCUT2D eigenvalue weighted by molar-refractivity contribution is 7.43. The summed E-state index contributed by atoms with van der Waals surface area (Å²) in [5, 5.41) is 6.43. The second-order valence-corrected chi connectivity index (χ2v) is 30.6. The molecule has 18 atom stereocenters. The highest BCUT2D eigenvalue weighted by atomic mass is 31.2. The van der Waals surface area contributed by atoms with E-state index in [4.69, 9.17) is 14.0 Å². The van der Waals surface area contributed by atoms with Crippen molar-refractivity contribution in [2.24, 2.45) is 85.8 Å². The predicted molar refractivity (Wildman–Crippen MR) is 313 cm³/mol. The van der Waals surface area contributed by atoms with Crippen LogP contribution in [0.1, 0.15) is 193 Å². The lowest BCUT2D eigenvalue weighted by Crippen LogP contribution is -2.69. The van der Waals surface area contributed by atoms with E-state index in [-0.39, 0.29) is 98.9 Å². The Bertz CT molecular complexity index is 2250. The Balaban J connectivity index is 1.10. The van der Waals surface area contributed by atoms with E-state index in [2.05, 4.69) is 79.5 Å². The number of hydrogen-bond acceptors (Lipinski definition) is 11. The molecule has 0 aromatic rings. The molecule has 0 radical (unpaired) electrons. The number of carbonyl (C=O) groups excluding carboxylic acids is 4. The van der Waals surface area contributed by atoms with Gasteiger partial charge in [0.05, 0.1) is 57.1 Å². The minimum absolute atomic E-state index is 0.000545. The van der Waals surface area contributed by atoms with Crippen molar-refractivity contribution in [3.8, 4) is 0 Å². The SMILES string of the molecule is C=C(C)[C@@H]1CC[C@]2(COP(=O)([O-])[O-])CC[C@]3(C)C(CCC4[C@@]5(C)CC[C@H](CCNC(=O)[C@H](C)[C@@H](OC)C6CCCN6C(=O)C[C@@H](OC)[C@H]([C@@H](C)CC)N(C)C(=O)[C@@H](NC(=O)[C@H](C(C)C)N(C)C)C(C)C)C(C)(C)[C@]5(C)CC[C@]43C)[C@@H]12. The zero-order valence-electron chi connectivity index (χ0n) is 53.5. The number of nitrogens with zero attached hydrogens (tertiary/aromatic N) is 3. The number of phosphoric ester groups is 1. The van der Waals surface area contributed by atoms with E-state index >= 15 is 0 Å². The van der Waals surface area contributed by atoms with Crippen LogP contribution in [0.5, 0.6) is 0 Å². The van der Waals surface area contributed by atoms with Crippen LogP contribution in [0, 0.1) is 85.8 Å². The van der Waals surface area contributed by atoms with Gasteiger partial charge in [0, 0.05) is 34.4 Å². The van der Waals surface area contributed by atoms with Crippen molar-refractivity contribution in [2.45, 2.75) is 230 Å². The highest BCUT2D eigenvalue weighted by Crippen LogP contribution is 2.80. The number of methoxy groups -OCH3 is 2. The highest BCUT2D eigenvalue weighted by Gasteiger charge is 2.73. The molecule has 6 rings (SSSR count). The number of allylic oxidation sites excluding steroid dienone is 1. The molecule has 15 nitrogen and oxygen atoms in total. The second kappa shape index (κ2) is 25.3. The zero-order valence-corrected chi connectivity index (χ0v) is 54.4.